The van der Waals surface area contributed by atoms with Crippen molar-refractivity contribution in [2.24, 2.45) is 14.1 Å². The van der Waals surface area contributed by atoms with Gasteiger partial charge in [-0.2, -0.15) is 0 Å². The number of thioether (sulfide) groups is 1. The molecule has 1 amide bonds. The van der Waals surface area contributed by atoms with Crippen molar-refractivity contribution >= 4 is 57.3 Å². The molecule has 0 fully saturated rings. The van der Waals surface area contributed by atoms with Crippen LogP contribution in [0.15, 0.2) is 50.3 Å². The van der Waals surface area contributed by atoms with Crippen LogP contribution in [-0.2, 0) is 18.9 Å². The Morgan fingerprint density at radius 3 is 2.66 bits per heavy atom. The summed E-state index contributed by atoms with van der Waals surface area (Å²) in [4.78, 5) is 47.7. The number of amides is 1. The summed E-state index contributed by atoms with van der Waals surface area (Å²) in [6, 6.07) is 8.99. The predicted molar refractivity (Wildman–Crippen MR) is 129 cm³/mol. The third-order valence-electron chi connectivity index (χ3n) is 4.80. The molecule has 1 aromatic carbocycles. The van der Waals surface area contributed by atoms with Crippen LogP contribution in [0.5, 0.6) is 0 Å². The first-order chi connectivity index (χ1) is 15.3. The van der Waals surface area contributed by atoms with Crippen molar-refractivity contribution < 1.29 is 4.79 Å². The van der Waals surface area contributed by atoms with E-state index < -0.39 is 11.2 Å². The largest absolute Gasteiger partial charge is 0.332 e. The number of nitrogens with zero attached hydrogens (tertiary/aromatic N) is 4. The average molecular weight is 488 g/mol. The van der Waals surface area contributed by atoms with Crippen LogP contribution < -0.4 is 16.6 Å². The number of benzene rings is 1. The molecule has 11 heteroatoms. The second kappa shape index (κ2) is 8.89. The van der Waals surface area contributed by atoms with Crippen LogP contribution in [0.1, 0.15) is 5.56 Å². The maximum atomic E-state index is 12.9. The van der Waals surface area contributed by atoms with Gasteiger partial charge in [0, 0.05) is 24.8 Å². The topological polar surface area (TPSA) is 98.9 Å². The van der Waals surface area contributed by atoms with Gasteiger partial charge in [0.15, 0.2) is 11.5 Å². The van der Waals surface area contributed by atoms with Gasteiger partial charge >= 0.3 is 5.69 Å². The lowest BCUT2D eigenvalue weighted by Crippen LogP contribution is -2.37. The third kappa shape index (κ3) is 4.21. The lowest BCUT2D eigenvalue weighted by molar-refractivity contribution is -0.113. The van der Waals surface area contributed by atoms with Crippen LogP contribution in [0.3, 0.4) is 0 Å². The van der Waals surface area contributed by atoms with Gasteiger partial charge in [0.05, 0.1) is 10.6 Å². The Morgan fingerprint density at radius 1 is 1.19 bits per heavy atom. The van der Waals surface area contributed by atoms with E-state index in [1.54, 1.807) is 19.2 Å². The number of anilines is 1. The Hall–Kier alpha value is -2.95. The number of aromatic nitrogens is 4. The number of carbonyl (C=O) groups is 1. The molecule has 8 nitrogen and oxygen atoms in total. The van der Waals surface area contributed by atoms with Gasteiger partial charge in [0.25, 0.3) is 5.56 Å². The Balaban J connectivity index is 1.72. The highest BCUT2D eigenvalue weighted by atomic mass is 35.5. The molecule has 0 saturated heterocycles. The minimum absolute atomic E-state index is 0.00742. The van der Waals surface area contributed by atoms with Crippen LogP contribution in [0.25, 0.3) is 21.7 Å². The van der Waals surface area contributed by atoms with Crippen molar-refractivity contribution in [1.29, 1.82) is 0 Å². The van der Waals surface area contributed by atoms with E-state index in [1.165, 1.54) is 23.0 Å². The zero-order valence-electron chi connectivity index (χ0n) is 17.4. The maximum Gasteiger partial charge on any atom is 0.332 e. The minimum Gasteiger partial charge on any atom is -0.325 e. The molecule has 0 atom stereocenters. The predicted octanol–water partition coefficient (Wildman–Crippen LogP) is 3.45. The molecule has 0 aliphatic heterocycles. The summed E-state index contributed by atoms with van der Waals surface area (Å²) in [5.41, 5.74) is 0.729. The molecule has 0 aliphatic rings. The highest BCUT2D eigenvalue weighted by molar-refractivity contribution is 8.00. The van der Waals surface area contributed by atoms with Gasteiger partial charge in [-0.3, -0.25) is 18.7 Å². The van der Waals surface area contributed by atoms with E-state index in [9.17, 15) is 14.4 Å². The van der Waals surface area contributed by atoms with Gasteiger partial charge < -0.3 is 5.32 Å². The first-order valence-corrected chi connectivity index (χ1v) is 11.7. The number of fused-ring (bicyclic) bond motifs is 1. The number of hydrogen-bond donors (Lipinski definition) is 1. The monoisotopic (exact) mass is 487 g/mol. The van der Waals surface area contributed by atoms with Gasteiger partial charge in [-0.1, -0.05) is 35.5 Å². The summed E-state index contributed by atoms with van der Waals surface area (Å²) in [7, 11) is 2.96. The zero-order valence-corrected chi connectivity index (χ0v) is 19.8. The van der Waals surface area contributed by atoms with E-state index >= 15 is 0 Å². The quantitative estimate of drug-likeness (QED) is 0.342. The Bertz CT molecular complexity index is 1460. The van der Waals surface area contributed by atoms with E-state index in [1.807, 2.05) is 30.5 Å². The fourth-order valence-electron chi connectivity index (χ4n) is 3.05. The molecule has 0 bridgehead atoms. The molecule has 0 radical (unpaired) electrons. The van der Waals surface area contributed by atoms with Crippen molar-refractivity contribution in [3.05, 3.63) is 67.1 Å². The van der Waals surface area contributed by atoms with Gasteiger partial charge in [-0.05, 0) is 36.1 Å². The van der Waals surface area contributed by atoms with Gasteiger partial charge in [-0.15, -0.1) is 11.3 Å². The SMILES string of the molecule is Cc1ccc(NC(=O)CSc2nc(-c3cccs3)nc3c2c(=O)n(C)c(=O)n3C)cc1Cl. The van der Waals surface area contributed by atoms with Crippen molar-refractivity contribution in [3.63, 3.8) is 0 Å². The lowest BCUT2D eigenvalue weighted by atomic mass is 10.2. The number of rotatable bonds is 5. The van der Waals surface area contributed by atoms with E-state index in [0.717, 1.165) is 26.8 Å². The number of hydrogen-bond acceptors (Lipinski definition) is 7. The normalized spacial score (nSPS) is 11.1. The van der Waals surface area contributed by atoms with E-state index in [2.05, 4.69) is 15.3 Å². The average Bonchev–Trinajstić information content (AvgIpc) is 3.31. The molecule has 4 rings (SSSR count). The fraction of sp³-hybridized carbons (Fsp3) is 0.190. The van der Waals surface area contributed by atoms with Crippen LogP contribution >= 0.6 is 34.7 Å². The van der Waals surface area contributed by atoms with Crippen molar-refractivity contribution in [3.8, 4) is 10.7 Å². The standard InChI is InChI=1S/C21H18ClN5O3S2/c1-11-6-7-12(9-13(11)22)23-15(28)10-32-19-16-18(26(2)21(30)27(3)20(16)29)24-17(25-19)14-5-4-8-31-14/h4-9H,10H2,1-3H3,(H,23,28). The second-order valence-corrected chi connectivity index (χ2v) is 9.35. The molecule has 0 unspecified atom stereocenters. The molecule has 0 saturated carbocycles. The smallest absolute Gasteiger partial charge is 0.325 e. The molecular weight excluding hydrogens is 470 g/mol. The number of thiophene rings is 1. The molecule has 4 aromatic rings. The zero-order chi connectivity index (χ0) is 23.0. The fourth-order valence-corrected chi connectivity index (χ4v) is 4.70. The lowest BCUT2D eigenvalue weighted by Gasteiger charge is -2.11. The van der Waals surface area contributed by atoms with E-state index in [0.29, 0.717) is 21.6 Å². The van der Waals surface area contributed by atoms with Crippen LogP contribution in [0.4, 0.5) is 5.69 Å². The van der Waals surface area contributed by atoms with Gasteiger partial charge in [0.2, 0.25) is 5.91 Å². The minimum atomic E-state index is -0.506. The van der Waals surface area contributed by atoms with Crippen LogP contribution in [0, 0.1) is 6.92 Å². The first kappa shape index (κ1) is 22.3. The highest BCUT2D eigenvalue weighted by Gasteiger charge is 2.19. The Labute approximate surface area is 195 Å². The molecule has 32 heavy (non-hydrogen) atoms. The number of aryl methyl sites for hydroxylation is 2. The molecule has 164 valence electrons. The maximum absolute atomic E-state index is 12.9. The van der Waals surface area contributed by atoms with Gasteiger partial charge in [0.1, 0.15) is 10.4 Å². The second-order valence-electron chi connectivity index (χ2n) is 7.03. The Morgan fingerprint density at radius 2 is 1.97 bits per heavy atom. The van der Waals surface area contributed by atoms with Crippen molar-refractivity contribution in [1.82, 2.24) is 19.1 Å². The van der Waals surface area contributed by atoms with Crippen molar-refractivity contribution in [2.45, 2.75) is 11.9 Å². The molecule has 3 heterocycles. The molecular formula is C21H18ClN5O3S2. The number of nitrogens with one attached hydrogen (secondary N) is 1. The number of carbonyl (C=O) groups excluding carboxylic acids is 1. The van der Waals surface area contributed by atoms with Gasteiger partial charge in [-0.25, -0.2) is 14.8 Å². The molecule has 1 N–H and O–H groups in total. The summed E-state index contributed by atoms with van der Waals surface area (Å²) < 4.78 is 2.32. The molecule has 0 spiro atoms. The summed E-state index contributed by atoms with van der Waals surface area (Å²) >= 11 is 8.68. The summed E-state index contributed by atoms with van der Waals surface area (Å²) in [6.07, 6.45) is 0. The molecule has 0 aliphatic carbocycles. The summed E-state index contributed by atoms with van der Waals surface area (Å²) in [5.74, 6) is 0.123. The summed E-state index contributed by atoms with van der Waals surface area (Å²) in [6.45, 7) is 1.88. The van der Waals surface area contributed by atoms with Crippen LogP contribution in [0.2, 0.25) is 5.02 Å². The van der Waals surface area contributed by atoms with E-state index in [-0.39, 0.29) is 22.7 Å². The number of halogens is 1. The van der Waals surface area contributed by atoms with Crippen molar-refractivity contribution in [2.75, 3.05) is 11.1 Å². The Kier molecular flexibility index (Phi) is 6.18. The first-order valence-electron chi connectivity index (χ1n) is 9.46. The molecule has 3 aromatic heterocycles. The summed E-state index contributed by atoms with van der Waals surface area (Å²) in [5, 5.41) is 5.78. The van der Waals surface area contributed by atoms with E-state index in [4.69, 9.17) is 11.6 Å². The third-order valence-corrected chi connectivity index (χ3v) is 7.05. The van der Waals surface area contributed by atoms with Crippen LogP contribution in [-0.4, -0.2) is 30.8 Å². The highest BCUT2D eigenvalue weighted by Crippen LogP contribution is 2.28.